The molecule has 1 unspecified atom stereocenters. The molecular formula is C29H33N9O. The number of pyridine rings is 1. The Kier molecular flexibility index (Phi) is 6.24. The van der Waals surface area contributed by atoms with Crippen LogP contribution >= 0.6 is 0 Å². The van der Waals surface area contributed by atoms with Gasteiger partial charge in [-0.05, 0) is 30.9 Å². The molecule has 1 aromatic carbocycles. The highest BCUT2D eigenvalue weighted by molar-refractivity contribution is 5.75. The van der Waals surface area contributed by atoms with Crippen molar-refractivity contribution >= 4 is 17.2 Å². The van der Waals surface area contributed by atoms with E-state index in [1.807, 2.05) is 45.6 Å². The summed E-state index contributed by atoms with van der Waals surface area (Å²) in [5.41, 5.74) is 5.69. The molecule has 39 heavy (non-hydrogen) atoms. The second kappa shape index (κ2) is 10.2. The van der Waals surface area contributed by atoms with E-state index in [0.29, 0.717) is 0 Å². The Morgan fingerprint density at radius 1 is 0.872 bits per heavy atom. The van der Waals surface area contributed by atoms with Gasteiger partial charge in [-0.2, -0.15) is 15.2 Å². The standard InChI is InChI=1S/C29H33N9O/c1-34-20-24(18-30-34)23-10-11-25-26(19-31-37(25)21-23)35-12-14-36(15-13-35)29-32-27(17-22-7-3-2-4-8-22)38(33-29)28-9-5-6-16-39-28/h2-4,7-8,10-11,18-21,28H,5-6,9,12-17H2,1H3. The number of fused-ring (bicyclic) bond motifs is 1. The van der Waals surface area contributed by atoms with Crippen LogP contribution in [-0.4, -0.2) is 66.9 Å². The fourth-order valence-electron chi connectivity index (χ4n) is 5.63. The van der Waals surface area contributed by atoms with Crippen LogP contribution in [-0.2, 0) is 18.2 Å². The van der Waals surface area contributed by atoms with E-state index in [9.17, 15) is 0 Å². The smallest absolute Gasteiger partial charge is 0.245 e. The van der Waals surface area contributed by atoms with Crippen molar-refractivity contribution in [2.75, 3.05) is 42.6 Å². The molecule has 10 nitrogen and oxygen atoms in total. The molecule has 200 valence electrons. The molecule has 5 aromatic rings. The number of hydrogen-bond acceptors (Lipinski definition) is 7. The molecule has 0 amide bonds. The monoisotopic (exact) mass is 523 g/mol. The SMILES string of the molecule is Cn1cc(-c2ccc3c(N4CCN(c5nc(Cc6ccccc6)n(C6CCCCO6)n5)CC4)cnn3c2)cn1. The number of aryl methyl sites for hydroxylation is 1. The third kappa shape index (κ3) is 4.76. The lowest BCUT2D eigenvalue weighted by Crippen LogP contribution is -2.47. The first kappa shape index (κ1) is 23.9. The van der Waals surface area contributed by atoms with Crippen molar-refractivity contribution in [3.63, 3.8) is 0 Å². The topological polar surface area (TPSA) is 81.5 Å². The van der Waals surface area contributed by atoms with E-state index < -0.39 is 0 Å². The third-order valence-corrected chi connectivity index (χ3v) is 7.76. The largest absolute Gasteiger partial charge is 0.365 e. The summed E-state index contributed by atoms with van der Waals surface area (Å²) in [6.45, 7) is 4.26. The van der Waals surface area contributed by atoms with E-state index in [4.69, 9.17) is 14.8 Å². The first-order valence-corrected chi connectivity index (χ1v) is 13.8. The van der Waals surface area contributed by atoms with Crippen LogP contribution in [0, 0.1) is 0 Å². The molecule has 10 heteroatoms. The predicted octanol–water partition coefficient (Wildman–Crippen LogP) is 3.94. The zero-order valence-corrected chi connectivity index (χ0v) is 22.2. The fraction of sp³-hybridized carbons (Fsp3) is 0.379. The minimum atomic E-state index is -0.0321. The molecule has 6 heterocycles. The molecule has 0 bridgehead atoms. The molecule has 4 aromatic heterocycles. The molecule has 0 radical (unpaired) electrons. The molecular weight excluding hydrogens is 490 g/mol. The quantitative estimate of drug-likeness (QED) is 0.333. The van der Waals surface area contributed by atoms with Gasteiger partial charge in [0.05, 0.1) is 23.6 Å². The molecule has 2 aliphatic heterocycles. The van der Waals surface area contributed by atoms with Crippen molar-refractivity contribution in [3.8, 4) is 11.1 Å². The van der Waals surface area contributed by atoms with Crippen LogP contribution in [0.5, 0.6) is 0 Å². The summed E-state index contributed by atoms with van der Waals surface area (Å²) >= 11 is 0. The Balaban J connectivity index is 1.08. The third-order valence-electron chi connectivity index (χ3n) is 7.76. The van der Waals surface area contributed by atoms with E-state index in [0.717, 1.165) is 92.6 Å². The normalized spacial score (nSPS) is 18.2. The van der Waals surface area contributed by atoms with Crippen molar-refractivity contribution < 1.29 is 4.74 Å². The average molecular weight is 524 g/mol. The molecule has 2 fully saturated rings. The van der Waals surface area contributed by atoms with E-state index in [2.05, 4.69) is 62.6 Å². The molecule has 2 saturated heterocycles. The number of ether oxygens (including phenoxy) is 1. The van der Waals surface area contributed by atoms with Gasteiger partial charge in [0.2, 0.25) is 5.95 Å². The molecule has 0 spiro atoms. The number of piperazine rings is 1. The molecule has 0 aliphatic carbocycles. The summed E-state index contributed by atoms with van der Waals surface area (Å²) in [6.07, 6.45) is 11.9. The average Bonchev–Trinajstić information content (AvgIpc) is 3.72. The zero-order chi connectivity index (χ0) is 26.2. The highest BCUT2D eigenvalue weighted by Gasteiger charge is 2.27. The maximum Gasteiger partial charge on any atom is 0.245 e. The van der Waals surface area contributed by atoms with Crippen molar-refractivity contribution in [3.05, 3.63) is 78.6 Å². The summed E-state index contributed by atoms with van der Waals surface area (Å²) in [7, 11) is 1.93. The van der Waals surface area contributed by atoms with Crippen LogP contribution in [0.1, 0.15) is 36.9 Å². The predicted molar refractivity (Wildman–Crippen MR) is 150 cm³/mol. The highest BCUT2D eigenvalue weighted by atomic mass is 16.5. The van der Waals surface area contributed by atoms with Gasteiger partial charge in [0.25, 0.3) is 0 Å². The number of anilines is 2. The van der Waals surface area contributed by atoms with Gasteiger partial charge in [0.1, 0.15) is 5.82 Å². The van der Waals surface area contributed by atoms with Crippen LogP contribution in [0.25, 0.3) is 16.6 Å². The first-order chi connectivity index (χ1) is 19.2. The Morgan fingerprint density at radius 2 is 1.72 bits per heavy atom. The van der Waals surface area contributed by atoms with Gasteiger partial charge in [-0.1, -0.05) is 36.4 Å². The summed E-state index contributed by atoms with van der Waals surface area (Å²) < 4.78 is 11.9. The van der Waals surface area contributed by atoms with Crippen LogP contribution in [0.15, 0.2) is 67.3 Å². The van der Waals surface area contributed by atoms with Crippen molar-refractivity contribution in [2.45, 2.75) is 31.9 Å². The molecule has 7 rings (SSSR count). The highest BCUT2D eigenvalue weighted by Crippen LogP contribution is 2.29. The van der Waals surface area contributed by atoms with Crippen molar-refractivity contribution in [1.29, 1.82) is 0 Å². The lowest BCUT2D eigenvalue weighted by molar-refractivity contribution is -0.0411. The summed E-state index contributed by atoms with van der Waals surface area (Å²) in [4.78, 5) is 9.75. The Hall–Kier alpha value is -4.18. The lowest BCUT2D eigenvalue weighted by Gasteiger charge is -2.35. The van der Waals surface area contributed by atoms with Gasteiger partial charge in [-0.25, -0.2) is 9.20 Å². The second-order valence-corrected chi connectivity index (χ2v) is 10.4. The van der Waals surface area contributed by atoms with Gasteiger partial charge in [-0.15, -0.1) is 5.10 Å². The van der Waals surface area contributed by atoms with Crippen LogP contribution in [0.3, 0.4) is 0 Å². The number of hydrogen-bond donors (Lipinski definition) is 0. The van der Waals surface area contributed by atoms with Crippen LogP contribution in [0.4, 0.5) is 11.6 Å². The minimum Gasteiger partial charge on any atom is -0.365 e. The Bertz CT molecular complexity index is 1560. The second-order valence-electron chi connectivity index (χ2n) is 10.4. The van der Waals surface area contributed by atoms with Crippen LogP contribution in [0.2, 0.25) is 0 Å². The Labute approximate surface area is 227 Å². The number of rotatable bonds is 6. The number of aromatic nitrogens is 7. The van der Waals surface area contributed by atoms with Gasteiger partial charge >= 0.3 is 0 Å². The molecule has 0 saturated carbocycles. The first-order valence-electron chi connectivity index (χ1n) is 13.8. The number of nitrogens with zero attached hydrogens (tertiary/aromatic N) is 9. The van der Waals surface area contributed by atoms with E-state index in [1.165, 1.54) is 5.56 Å². The molecule has 1 atom stereocenters. The maximum atomic E-state index is 6.11. The van der Waals surface area contributed by atoms with Gasteiger partial charge in [0, 0.05) is 69.8 Å². The fourth-order valence-corrected chi connectivity index (χ4v) is 5.63. The van der Waals surface area contributed by atoms with Gasteiger partial charge < -0.3 is 14.5 Å². The minimum absolute atomic E-state index is 0.0321. The Morgan fingerprint density at radius 3 is 2.49 bits per heavy atom. The molecule has 0 N–H and O–H groups in total. The van der Waals surface area contributed by atoms with Gasteiger partial charge in [-0.3, -0.25) is 4.68 Å². The zero-order valence-electron chi connectivity index (χ0n) is 22.2. The van der Waals surface area contributed by atoms with Crippen LogP contribution < -0.4 is 9.80 Å². The van der Waals surface area contributed by atoms with Crippen molar-refractivity contribution in [2.24, 2.45) is 7.05 Å². The van der Waals surface area contributed by atoms with E-state index in [1.54, 1.807) is 0 Å². The lowest BCUT2D eigenvalue weighted by atomic mass is 10.1. The number of benzene rings is 1. The van der Waals surface area contributed by atoms with E-state index >= 15 is 0 Å². The van der Waals surface area contributed by atoms with Crippen molar-refractivity contribution in [1.82, 2.24) is 34.2 Å². The molecule has 2 aliphatic rings. The maximum absolute atomic E-state index is 6.11. The summed E-state index contributed by atoms with van der Waals surface area (Å²) in [5, 5.41) is 14.0. The van der Waals surface area contributed by atoms with Gasteiger partial charge in [0.15, 0.2) is 6.23 Å². The summed E-state index contributed by atoms with van der Waals surface area (Å²) in [6, 6.07) is 14.8. The van der Waals surface area contributed by atoms with E-state index in [-0.39, 0.29) is 6.23 Å². The summed E-state index contributed by atoms with van der Waals surface area (Å²) in [5.74, 6) is 1.77.